The van der Waals surface area contributed by atoms with Crippen LogP contribution in [0.15, 0.2) is 87.0 Å². The molecule has 0 fully saturated rings. The van der Waals surface area contributed by atoms with Gasteiger partial charge in [0, 0.05) is 0 Å². The van der Waals surface area contributed by atoms with E-state index in [9.17, 15) is 9.59 Å². The lowest BCUT2D eigenvalue weighted by Crippen LogP contribution is -2.29. The lowest BCUT2D eigenvalue weighted by Gasteiger charge is -2.15. The van der Waals surface area contributed by atoms with Crippen molar-refractivity contribution < 1.29 is 4.42 Å². The summed E-state index contributed by atoms with van der Waals surface area (Å²) in [4.78, 5) is 34.1. The maximum atomic E-state index is 12.0. The molecule has 0 aliphatic rings. The molecule has 0 radical (unpaired) electrons. The third-order valence-electron chi connectivity index (χ3n) is 5.84. The van der Waals surface area contributed by atoms with Crippen molar-refractivity contribution in [3.8, 4) is 11.5 Å². The summed E-state index contributed by atoms with van der Waals surface area (Å²) in [7, 11) is 0. The molecule has 32 heavy (non-hydrogen) atoms. The topological polar surface area (TPSA) is 91.8 Å². The van der Waals surface area contributed by atoms with Crippen molar-refractivity contribution in [3.05, 3.63) is 122 Å². The summed E-state index contributed by atoms with van der Waals surface area (Å²) in [5.41, 5.74) is 5.15. The predicted molar refractivity (Wildman–Crippen MR) is 124 cm³/mol. The number of nitrogens with zero attached hydrogens (tertiary/aromatic N) is 1. The van der Waals surface area contributed by atoms with Crippen molar-refractivity contribution >= 4 is 11.0 Å². The van der Waals surface area contributed by atoms with Crippen LogP contribution in [0.4, 0.5) is 0 Å². The molecule has 6 nitrogen and oxygen atoms in total. The van der Waals surface area contributed by atoms with Crippen LogP contribution in [-0.2, 0) is 0 Å². The lowest BCUT2D eigenvalue weighted by atomic mass is 9.89. The van der Waals surface area contributed by atoms with E-state index in [1.807, 2.05) is 56.3 Å². The molecule has 2 heterocycles. The molecular formula is C26H21N3O3. The largest absolute Gasteiger partial charge is 0.444 e. The minimum absolute atomic E-state index is 0.106. The molecule has 0 aliphatic heterocycles. The Balaban J connectivity index is 1.72. The number of aromatic amines is 2. The Morgan fingerprint density at radius 2 is 1.44 bits per heavy atom. The fourth-order valence-corrected chi connectivity index (χ4v) is 4.12. The number of oxazole rings is 1. The van der Waals surface area contributed by atoms with Gasteiger partial charge in [-0.1, -0.05) is 60.7 Å². The smallest absolute Gasteiger partial charge is 0.314 e. The molecule has 0 unspecified atom stereocenters. The highest BCUT2D eigenvalue weighted by Crippen LogP contribution is 2.35. The van der Waals surface area contributed by atoms with Crippen LogP contribution in [0, 0.1) is 13.8 Å². The molecule has 2 aromatic heterocycles. The summed E-state index contributed by atoms with van der Waals surface area (Å²) in [6, 6.07) is 22.1. The van der Waals surface area contributed by atoms with E-state index in [0.29, 0.717) is 22.5 Å². The average molecular weight is 423 g/mol. The third kappa shape index (κ3) is 3.36. The van der Waals surface area contributed by atoms with Crippen LogP contribution in [0.5, 0.6) is 0 Å². The maximum Gasteiger partial charge on any atom is 0.314 e. The Kier molecular flexibility index (Phi) is 4.82. The van der Waals surface area contributed by atoms with Gasteiger partial charge in [0.2, 0.25) is 5.89 Å². The van der Waals surface area contributed by atoms with Crippen LogP contribution < -0.4 is 11.1 Å². The second kappa shape index (κ2) is 7.81. The quantitative estimate of drug-likeness (QED) is 0.411. The molecule has 0 saturated heterocycles. The highest BCUT2D eigenvalue weighted by Gasteiger charge is 2.23. The number of H-pyrrole nitrogens is 2. The molecule has 6 heteroatoms. The van der Waals surface area contributed by atoms with Crippen molar-refractivity contribution in [2.75, 3.05) is 0 Å². The van der Waals surface area contributed by atoms with E-state index in [0.717, 1.165) is 27.9 Å². The Morgan fingerprint density at radius 3 is 2.06 bits per heavy atom. The minimum Gasteiger partial charge on any atom is -0.444 e. The number of fused-ring (bicyclic) bond motifs is 1. The minimum atomic E-state index is -0.708. The van der Waals surface area contributed by atoms with E-state index in [-0.39, 0.29) is 5.92 Å². The monoisotopic (exact) mass is 423 g/mol. The van der Waals surface area contributed by atoms with Gasteiger partial charge in [-0.05, 0) is 42.2 Å². The number of rotatable bonds is 4. The molecule has 0 atom stereocenters. The first-order chi connectivity index (χ1) is 15.5. The van der Waals surface area contributed by atoms with E-state index < -0.39 is 11.1 Å². The van der Waals surface area contributed by atoms with Crippen LogP contribution in [-0.4, -0.2) is 15.0 Å². The first kappa shape index (κ1) is 19.8. The number of benzene rings is 3. The number of aromatic nitrogens is 3. The zero-order valence-electron chi connectivity index (χ0n) is 17.7. The summed E-state index contributed by atoms with van der Waals surface area (Å²) in [5, 5.41) is 0. The molecule has 3 aromatic carbocycles. The van der Waals surface area contributed by atoms with E-state index in [1.54, 1.807) is 6.26 Å². The molecule has 0 aliphatic carbocycles. The average Bonchev–Trinajstić information content (AvgIpc) is 3.27. The van der Waals surface area contributed by atoms with Gasteiger partial charge in [-0.3, -0.25) is 9.59 Å². The van der Waals surface area contributed by atoms with E-state index in [4.69, 9.17) is 9.40 Å². The molecule has 0 saturated carbocycles. The first-order valence-electron chi connectivity index (χ1n) is 10.3. The molecule has 158 valence electrons. The molecular weight excluding hydrogens is 402 g/mol. The standard InChI is InChI=1S/C26H21N3O3/c1-15-13-19-23(29-25(31)24(30)27-19)21(16(15)2)26-28-20(14-32-26)22(17-9-5-3-6-10-17)18-11-7-4-8-12-18/h3-14,22H,1-2H3,(H,27,30)(H,29,31). The van der Waals surface area contributed by atoms with Crippen molar-refractivity contribution in [2.45, 2.75) is 19.8 Å². The molecule has 0 bridgehead atoms. The van der Waals surface area contributed by atoms with Gasteiger partial charge in [-0.2, -0.15) is 0 Å². The summed E-state index contributed by atoms with van der Waals surface area (Å²) < 4.78 is 5.96. The van der Waals surface area contributed by atoms with Crippen molar-refractivity contribution in [1.29, 1.82) is 0 Å². The Hall–Kier alpha value is -4.19. The lowest BCUT2D eigenvalue weighted by molar-refractivity contribution is 0.572. The number of hydrogen-bond donors (Lipinski definition) is 2. The van der Waals surface area contributed by atoms with Crippen LogP contribution in [0.25, 0.3) is 22.5 Å². The van der Waals surface area contributed by atoms with E-state index in [1.165, 1.54) is 0 Å². The van der Waals surface area contributed by atoms with Gasteiger partial charge >= 0.3 is 11.1 Å². The predicted octanol–water partition coefficient (Wildman–Crippen LogP) is 4.67. The van der Waals surface area contributed by atoms with Gasteiger partial charge < -0.3 is 14.4 Å². The molecule has 2 N–H and O–H groups in total. The number of nitrogens with one attached hydrogen (secondary N) is 2. The fourth-order valence-electron chi connectivity index (χ4n) is 4.12. The van der Waals surface area contributed by atoms with Crippen LogP contribution in [0.3, 0.4) is 0 Å². The number of aryl methyl sites for hydroxylation is 1. The zero-order valence-corrected chi connectivity index (χ0v) is 17.7. The second-order valence-corrected chi connectivity index (χ2v) is 7.86. The molecule has 0 spiro atoms. The molecule has 5 rings (SSSR count). The van der Waals surface area contributed by atoms with Crippen LogP contribution in [0.2, 0.25) is 0 Å². The summed E-state index contributed by atoms with van der Waals surface area (Å²) in [6.07, 6.45) is 1.66. The van der Waals surface area contributed by atoms with Crippen LogP contribution >= 0.6 is 0 Å². The highest BCUT2D eigenvalue weighted by atomic mass is 16.3. The Bertz CT molecular complexity index is 1490. The third-order valence-corrected chi connectivity index (χ3v) is 5.84. The molecule has 5 aromatic rings. The SMILES string of the molecule is Cc1cc2[nH]c(=O)c(=O)[nH]c2c(-c2nc(C(c3ccccc3)c3ccccc3)co2)c1C. The maximum absolute atomic E-state index is 12.0. The Morgan fingerprint density at radius 1 is 0.844 bits per heavy atom. The van der Waals surface area contributed by atoms with Crippen molar-refractivity contribution in [3.63, 3.8) is 0 Å². The summed E-state index contributed by atoms with van der Waals surface area (Å²) in [5.74, 6) is 0.288. The summed E-state index contributed by atoms with van der Waals surface area (Å²) >= 11 is 0. The van der Waals surface area contributed by atoms with Gasteiger partial charge in [0.1, 0.15) is 6.26 Å². The second-order valence-electron chi connectivity index (χ2n) is 7.86. The summed E-state index contributed by atoms with van der Waals surface area (Å²) in [6.45, 7) is 3.89. The van der Waals surface area contributed by atoms with Crippen LogP contribution in [0.1, 0.15) is 33.9 Å². The van der Waals surface area contributed by atoms with Gasteiger partial charge in [-0.15, -0.1) is 0 Å². The van der Waals surface area contributed by atoms with Gasteiger partial charge in [-0.25, -0.2) is 4.98 Å². The van der Waals surface area contributed by atoms with Crippen molar-refractivity contribution in [1.82, 2.24) is 15.0 Å². The first-order valence-corrected chi connectivity index (χ1v) is 10.3. The fraction of sp³-hybridized carbons (Fsp3) is 0.115. The van der Waals surface area contributed by atoms with Gasteiger partial charge in [0.05, 0.1) is 28.2 Å². The number of hydrogen-bond acceptors (Lipinski definition) is 4. The van der Waals surface area contributed by atoms with Crippen molar-refractivity contribution in [2.24, 2.45) is 0 Å². The zero-order chi connectivity index (χ0) is 22.2. The Labute approximate surface area is 183 Å². The molecule has 0 amide bonds. The van der Waals surface area contributed by atoms with Gasteiger partial charge in [0.15, 0.2) is 0 Å². The van der Waals surface area contributed by atoms with Gasteiger partial charge in [0.25, 0.3) is 0 Å². The van der Waals surface area contributed by atoms with E-state index >= 15 is 0 Å². The highest BCUT2D eigenvalue weighted by molar-refractivity contribution is 5.91. The van der Waals surface area contributed by atoms with E-state index in [2.05, 4.69) is 34.2 Å². The normalized spacial score (nSPS) is 11.3.